The molecule has 1 aromatic carbocycles. The van der Waals surface area contributed by atoms with Gasteiger partial charge in [0.15, 0.2) is 11.5 Å². The van der Waals surface area contributed by atoms with E-state index >= 15 is 0 Å². The Morgan fingerprint density at radius 1 is 1.29 bits per heavy atom. The number of aromatic nitrogens is 3. The number of ether oxygens (including phenoxy) is 1. The third kappa shape index (κ3) is 4.34. The third-order valence-corrected chi connectivity index (χ3v) is 4.18. The summed E-state index contributed by atoms with van der Waals surface area (Å²) in [4.78, 5) is 12.5. The number of hydrogen-bond donors (Lipinski definition) is 2. The molecular weight excluding hydrogens is 356 g/mol. The molecule has 8 nitrogen and oxygen atoms in total. The molecule has 3 aromatic rings. The first-order chi connectivity index (χ1) is 13.4. The third-order valence-electron chi connectivity index (χ3n) is 4.18. The number of amides is 1. The molecular formula is C20H22N6O2. The first-order valence-corrected chi connectivity index (χ1v) is 8.85. The van der Waals surface area contributed by atoms with Crippen LogP contribution < -0.4 is 11.1 Å². The van der Waals surface area contributed by atoms with Crippen LogP contribution in [-0.4, -0.2) is 32.7 Å². The molecule has 0 aliphatic rings. The first kappa shape index (κ1) is 19.5. The summed E-state index contributed by atoms with van der Waals surface area (Å²) < 4.78 is 7.50. The van der Waals surface area contributed by atoms with Crippen molar-refractivity contribution >= 4 is 11.6 Å². The average Bonchev–Trinajstić information content (AvgIpc) is 3.11. The van der Waals surface area contributed by atoms with Crippen LogP contribution in [-0.2, 0) is 16.1 Å². The van der Waals surface area contributed by atoms with Crippen molar-refractivity contribution in [2.24, 2.45) is 5.73 Å². The number of benzene rings is 1. The van der Waals surface area contributed by atoms with Crippen molar-refractivity contribution in [3.8, 4) is 6.07 Å². The highest BCUT2D eigenvalue weighted by Gasteiger charge is 2.28. The molecule has 1 atom stereocenters. The number of nitrogens with one attached hydrogen (secondary N) is 1. The van der Waals surface area contributed by atoms with Gasteiger partial charge in [0.1, 0.15) is 12.1 Å². The van der Waals surface area contributed by atoms with Crippen molar-refractivity contribution in [2.45, 2.75) is 32.0 Å². The zero-order valence-electron chi connectivity index (χ0n) is 15.8. The Kier molecular flexibility index (Phi) is 5.68. The highest BCUT2D eigenvalue weighted by Crippen LogP contribution is 2.17. The molecule has 3 N–H and O–H groups in total. The zero-order chi connectivity index (χ0) is 20.1. The Morgan fingerprint density at radius 3 is 2.71 bits per heavy atom. The maximum atomic E-state index is 12.5. The fourth-order valence-corrected chi connectivity index (χ4v) is 2.65. The molecule has 0 unspecified atom stereocenters. The normalized spacial score (nSPS) is 12.5. The first-order valence-electron chi connectivity index (χ1n) is 8.85. The molecule has 0 radical (unpaired) electrons. The lowest BCUT2D eigenvalue weighted by Crippen LogP contribution is -2.50. The van der Waals surface area contributed by atoms with E-state index in [1.165, 1.54) is 0 Å². The Balaban J connectivity index is 1.86. The summed E-state index contributed by atoms with van der Waals surface area (Å²) in [6, 6.07) is 14.6. The summed E-state index contributed by atoms with van der Waals surface area (Å²) in [7, 11) is 0. The molecule has 0 aliphatic carbocycles. The van der Waals surface area contributed by atoms with Crippen LogP contribution in [0, 0.1) is 11.3 Å². The number of nitriles is 1. The number of pyridine rings is 1. The molecule has 2 heterocycles. The standard InChI is InChI=1S/C20H22N6O2/c1-20(2,22)19(27)23-16(13-28-12-14-7-4-3-5-8-14)18-25-24-17-15(11-21)9-6-10-26(17)18/h3-10,16H,12-13,22H2,1-2H3,(H,23,27)/t16-/m1/s1. The van der Waals surface area contributed by atoms with Crippen molar-refractivity contribution in [3.63, 3.8) is 0 Å². The molecule has 0 aliphatic heterocycles. The van der Waals surface area contributed by atoms with Gasteiger partial charge < -0.3 is 15.8 Å². The van der Waals surface area contributed by atoms with Gasteiger partial charge in [0.25, 0.3) is 0 Å². The second-order valence-corrected chi connectivity index (χ2v) is 7.03. The molecule has 0 spiro atoms. The molecule has 28 heavy (non-hydrogen) atoms. The van der Waals surface area contributed by atoms with E-state index in [9.17, 15) is 10.1 Å². The molecule has 0 saturated carbocycles. The molecule has 144 valence electrons. The number of carbonyl (C=O) groups excluding carboxylic acids is 1. The van der Waals surface area contributed by atoms with Crippen molar-refractivity contribution in [2.75, 3.05) is 6.61 Å². The lowest BCUT2D eigenvalue weighted by atomic mass is 10.1. The fraction of sp³-hybridized carbons (Fsp3) is 0.300. The van der Waals surface area contributed by atoms with Gasteiger partial charge in [-0.15, -0.1) is 10.2 Å². The summed E-state index contributed by atoms with van der Waals surface area (Å²) >= 11 is 0. The number of carbonyl (C=O) groups is 1. The quantitative estimate of drug-likeness (QED) is 0.646. The summed E-state index contributed by atoms with van der Waals surface area (Å²) in [6.07, 6.45) is 1.75. The molecule has 0 saturated heterocycles. The van der Waals surface area contributed by atoms with Crippen LogP contribution in [0.15, 0.2) is 48.7 Å². The zero-order valence-corrected chi connectivity index (χ0v) is 15.8. The van der Waals surface area contributed by atoms with Crippen molar-refractivity contribution in [1.29, 1.82) is 5.26 Å². The van der Waals surface area contributed by atoms with Gasteiger partial charge in [0.2, 0.25) is 5.91 Å². The minimum Gasteiger partial charge on any atom is -0.374 e. The predicted molar refractivity (Wildman–Crippen MR) is 103 cm³/mol. The lowest BCUT2D eigenvalue weighted by molar-refractivity contribution is -0.126. The number of hydrogen-bond acceptors (Lipinski definition) is 6. The number of rotatable bonds is 7. The van der Waals surface area contributed by atoms with E-state index in [2.05, 4.69) is 21.6 Å². The van der Waals surface area contributed by atoms with Gasteiger partial charge in [0.05, 0.1) is 24.3 Å². The highest BCUT2D eigenvalue weighted by molar-refractivity contribution is 5.85. The van der Waals surface area contributed by atoms with Gasteiger partial charge in [-0.1, -0.05) is 30.3 Å². The van der Waals surface area contributed by atoms with Crippen molar-refractivity contribution < 1.29 is 9.53 Å². The van der Waals surface area contributed by atoms with Crippen LogP contribution >= 0.6 is 0 Å². The summed E-state index contributed by atoms with van der Waals surface area (Å²) in [5.41, 5.74) is 6.70. The number of nitrogens with zero attached hydrogens (tertiary/aromatic N) is 4. The van der Waals surface area contributed by atoms with E-state index in [0.29, 0.717) is 23.6 Å². The summed E-state index contributed by atoms with van der Waals surface area (Å²) in [6.45, 7) is 3.81. The van der Waals surface area contributed by atoms with Gasteiger partial charge in [-0.05, 0) is 31.5 Å². The average molecular weight is 378 g/mol. The van der Waals surface area contributed by atoms with E-state index in [4.69, 9.17) is 10.5 Å². The Hall–Kier alpha value is -3.28. The predicted octanol–water partition coefficient (Wildman–Crippen LogP) is 1.71. The smallest absolute Gasteiger partial charge is 0.240 e. The van der Waals surface area contributed by atoms with Crippen molar-refractivity contribution in [3.05, 3.63) is 65.6 Å². The van der Waals surface area contributed by atoms with E-state index in [0.717, 1.165) is 5.56 Å². The Morgan fingerprint density at radius 2 is 2.04 bits per heavy atom. The highest BCUT2D eigenvalue weighted by atomic mass is 16.5. The van der Waals surface area contributed by atoms with Crippen LogP contribution in [0.25, 0.3) is 5.65 Å². The summed E-state index contributed by atoms with van der Waals surface area (Å²) in [5, 5.41) is 20.4. The largest absolute Gasteiger partial charge is 0.374 e. The van der Waals surface area contributed by atoms with Crippen LogP contribution in [0.1, 0.15) is 36.8 Å². The molecule has 2 aromatic heterocycles. The van der Waals surface area contributed by atoms with E-state index in [1.807, 2.05) is 30.3 Å². The molecule has 3 rings (SSSR count). The topological polar surface area (TPSA) is 118 Å². The summed E-state index contributed by atoms with van der Waals surface area (Å²) in [5.74, 6) is 0.131. The van der Waals surface area contributed by atoms with E-state index in [1.54, 1.807) is 36.6 Å². The molecule has 0 fully saturated rings. The van der Waals surface area contributed by atoms with Crippen LogP contribution in [0.3, 0.4) is 0 Å². The molecule has 1 amide bonds. The maximum Gasteiger partial charge on any atom is 0.240 e. The SMILES string of the molecule is CC(C)(N)C(=O)N[C@H](COCc1ccccc1)c1nnc2c(C#N)cccn12. The number of nitrogens with two attached hydrogens (primary N) is 1. The second-order valence-electron chi connectivity index (χ2n) is 7.03. The molecule has 8 heteroatoms. The van der Waals surface area contributed by atoms with Gasteiger partial charge in [-0.3, -0.25) is 9.20 Å². The van der Waals surface area contributed by atoms with Crippen LogP contribution in [0.4, 0.5) is 0 Å². The van der Waals surface area contributed by atoms with Crippen LogP contribution in [0.2, 0.25) is 0 Å². The minimum atomic E-state index is -1.06. The Bertz CT molecular complexity index is 1000. The Labute approximate surface area is 162 Å². The van der Waals surface area contributed by atoms with Gasteiger partial charge >= 0.3 is 0 Å². The molecule has 0 bridgehead atoms. The second kappa shape index (κ2) is 8.17. The minimum absolute atomic E-state index is 0.175. The van der Waals surface area contributed by atoms with Crippen LogP contribution in [0.5, 0.6) is 0 Å². The van der Waals surface area contributed by atoms with E-state index in [-0.39, 0.29) is 12.5 Å². The van der Waals surface area contributed by atoms with Crippen molar-refractivity contribution in [1.82, 2.24) is 19.9 Å². The maximum absolute atomic E-state index is 12.5. The van der Waals surface area contributed by atoms with Gasteiger partial charge in [-0.2, -0.15) is 5.26 Å². The monoisotopic (exact) mass is 378 g/mol. The number of fused-ring (bicyclic) bond motifs is 1. The van der Waals surface area contributed by atoms with Gasteiger partial charge in [-0.25, -0.2) is 0 Å². The van der Waals surface area contributed by atoms with E-state index < -0.39 is 11.6 Å². The fourth-order valence-electron chi connectivity index (χ4n) is 2.65. The lowest BCUT2D eigenvalue weighted by Gasteiger charge is -2.23. The van der Waals surface area contributed by atoms with Gasteiger partial charge in [0, 0.05) is 6.20 Å².